The number of hydrogen-bond acceptors (Lipinski definition) is 5. The molecule has 1 aliphatic rings. The van der Waals surface area contributed by atoms with Gasteiger partial charge in [-0.15, -0.1) is 0 Å². The molecule has 174 valence electrons. The first-order valence-electron chi connectivity index (χ1n) is 11.7. The molecule has 1 N–H and O–H groups in total. The molecule has 6 heteroatoms. The van der Waals surface area contributed by atoms with Gasteiger partial charge < -0.3 is 9.84 Å². The summed E-state index contributed by atoms with van der Waals surface area (Å²) in [5.74, 6) is 1.37. The zero-order valence-corrected chi connectivity index (χ0v) is 20.3. The first-order chi connectivity index (χ1) is 15.7. The van der Waals surface area contributed by atoms with Crippen LogP contribution in [-0.4, -0.2) is 34.0 Å². The van der Waals surface area contributed by atoms with Gasteiger partial charge in [-0.3, -0.25) is 9.69 Å². The molecule has 3 aromatic rings. The Morgan fingerprint density at radius 2 is 1.79 bits per heavy atom. The van der Waals surface area contributed by atoms with Crippen molar-refractivity contribution in [2.45, 2.75) is 59.4 Å². The van der Waals surface area contributed by atoms with E-state index in [1.807, 2.05) is 19.1 Å². The van der Waals surface area contributed by atoms with Crippen LogP contribution in [0.3, 0.4) is 0 Å². The molecule has 1 aliphatic heterocycles. The van der Waals surface area contributed by atoms with Gasteiger partial charge in [0.25, 0.3) is 0 Å². The highest BCUT2D eigenvalue weighted by Gasteiger charge is 2.26. The lowest BCUT2D eigenvalue weighted by molar-refractivity contribution is -0.121. The van der Waals surface area contributed by atoms with Crippen LogP contribution >= 0.6 is 0 Å². The highest BCUT2D eigenvalue weighted by molar-refractivity contribution is 5.93. The van der Waals surface area contributed by atoms with E-state index >= 15 is 0 Å². The van der Waals surface area contributed by atoms with Crippen molar-refractivity contribution in [2.75, 3.05) is 18.4 Å². The molecule has 1 aromatic heterocycles. The van der Waals surface area contributed by atoms with Crippen molar-refractivity contribution in [3.63, 3.8) is 0 Å². The summed E-state index contributed by atoms with van der Waals surface area (Å²) in [7, 11) is 0. The quantitative estimate of drug-likeness (QED) is 0.560. The minimum atomic E-state index is 0.0292. The van der Waals surface area contributed by atoms with Crippen molar-refractivity contribution in [1.29, 1.82) is 0 Å². The molecule has 0 spiro atoms. The molecule has 2 aromatic carbocycles. The minimum Gasteiger partial charge on any atom is -0.338 e. The van der Waals surface area contributed by atoms with Gasteiger partial charge in [0, 0.05) is 17.2 Å². The first-order valence-corrected chi connectivity index (χ1v) is 11.7. The maximum Gasteiger partial charge on any atom is 0.241 e. The molecule has 0 aliphatic carbocycles. The normalized spacial score (nSPS) is 15.5. The predicted octanol–water partition coefficient (Wildman–Crippen LogP) is 5.50. The Labute approximate surface area is 196 Å². The SMILES string of the molecule is Cc1ccc(NC(=O)C2CCN(Cc3nc(-c4ccc(C(C)(C)C)cc4)no3)CC2)c(C)c1. The fourth-order valence-corrected chi connectivity index (χ4v) is 4.29. The highest BCUT2D eigenvalue weighted by Crippen LogP contribution is 2.26. The zero-order chi connectivity index (χ0) is 23.6. The number of carbonyl (C=O) groups is 1. The first kappa shape index (κ1) is 23.2. The van der Waals surface area contributed by atoms with Crippen LogP contribution in [0.2, 0.25) is 0 Å². The summed E-state index contributed by atoms with van der Waals surface area (Å²) < 4.78 is 5.51. The van der Waals surface area contributed by atoms with E-state index in [4.69, 9.17) is 4.52 Å². The molecule has 1 amide bonds. The van der Waals surface area contributed by atoms with Gasteiger partial charge in [0.15, 0.2) is 0 Å². The van der Waals surface area contributed by atoms with Gasteiger partial charge in [0.05, 0.1) is 6.54 Å². The number of rotatable bonds is 5. The minimum absolute atomic E-state index is 0.0292. The highest BCUT2D eigenvalue weighted by atomic mass is 16.5. The van der Waals surface area contributed by atoms with Gasteiger partial charge >= 0.3 is 0 Å². The van der Waals surface area contributed by atoms with E-state index in [2.05, 4.69) is 78.4 Å². The van der Waals surface area contributed by atoms with Gasteiger partial charge in [0.1, 0.15) is 0 Å². The van der Waals surface area contributed by atoms with Crippen LogP contribution in [-0.2, 0) is 16.8 Å². The van der Waals surface area contributed by atoms with Gasteiger partial charge in [-0.05, 0) is 62.4 Å². The summed E-state index contributed by atoms with van der Waals surface area (Å²) in [5, 5.41) is 7.28. The third-order valence-corrected chi connectivity index (χ3v) is 6.43. The van der Waals surface area contributed by atoms with Crippen molar-refractivity contribution >= 4 is 11.6 Å². The molecule has 6 nitrogen and oxygen atoms in total. The Hall–Kier alpha value is -2.99. The molecule has 1 fully saturated rings. The van der Waals surface area contributed by atoms with Gasteiger partial charge in [-0.1, -0.05) is 67.9 Å². The topological polar surface area (TPSA) is 71.3 Å². The van der Waals surface area contributed by atoms with E-state index in [1.165, 1.54) is 11.1 Å². The maximum atomic E-state index is 12.7. The standard InChI is InChI=1S/C27H34N4O2/c1-18-6-11-23(19(2)16-18)28-26(32)21-12-14-31(15-13-21)17-24-29-25(30-33-24)20-7-9-22(10-8-20)27(3,4)5/h6-11,16,21H,12-15,17H2,1-5H3,(H,28,32). The molecular formula is C27H34N4O2. The fraction of sp³-hybridized carbons (Fsp3) is 0.444. The Bertz CT molecular complexity index is 1100. The van der Waals surface area contributed by atoms with Gasteiger partial charge in [-0.2, -0.15) is 4.98 Å². The molecule has 0 atom stereocenters. The maximum absolute atomic E-state index is 12.7. The molecule has 0 bridgehead atoms. The van der Waals surface area contributed by atoms with Crippen molar-refractivity contribution in [3.05, 3.63) is 65.0 Å². The molecule has 0 unspecified atom stereocenters. The van der Waals surface area contributed by atoms with Crippen molar-refractivity contribution in [3.8, 4) is 11.4 Å². The van der Waals surface area contributed by atoms with Crippen LogP contribution in [0, 0.1) is 19.8 Å². The van der Waals surface area contributed by atoms with Crippen molar-refractivity contribution < 1.29 is 9.32 Å². The Balaban J connectivity index is 1.30. The zero-order valence-electron chi connectivity index (χ0n) is 20.3. The molecular weight excluding hydrogens is 412 g/mol. The number of nitrogens with zero attached hydrogens (tertiary/aromatic N) is 3. The third-order valence-electron chi connectivity index (χ3n) is 6.43. The number of piperidine rings is 1. The fourth-order valence-electron chi connectivity index (χ4n) is 4.29. The number of anilines is 1. The summed E-state index contributed by atoms with van der Waals surface area (Å²) in [5.41, 5.74) is 5.55. The second kappa shape index (κ2) is 9.48. The Morgan fingerprint density at radius 1 is 1.09 bits per heavy atom. The van der Waals surface area contributed by atoms with Crippen LogP contribution in [0.15, 0.2) is 47.0 Å². The van der Waals surface area contributed by atoms with Crippen LogP contribution in [0.25, 0.3) is 11.4 Å². The number of amides is 1. The van der Waals surface area contributed by atoms with Crippen LogP contribution in [0.5, 0.6) is 0 Å². The molecule has 1 saturated heterocycles. The van der Waals surface area contributed by atoms with E-state index < -0.39 is 0 Å². The van der Waals surface area contributed by atoms with Crippen LogP contribution in [0.1, 0.15) is 56.2 Å². The number of aromatic nitrogens is 2. The average molecular weight is 447 g/mol. The van der Waals surface area contributed by atoms with Crippen LogP contribution in [0.4, 0.5) is 5.69 Å². The molecule has 4 rings (SSSR count). The van der Waals surface area contributed by atoms with Crippen molar-refractivity contribution in [2.24, 2.45) is 5.92 Å². The molecule has 2 heterocycles. The lowest BCUT2D eigenvalue weighted by Crippen LogP contribution is -2.37. The van der Waals surface area contributed by atoms with E-state index in [0.29, 0.717) is 18.3 Å². The van der Waals surface area contributed by atoms with E-state index in [-0.39, 0.29) is 17.2 Å². The lowest BCUT2D eigenvalue weighted by atomic mass is 9.87. The Kier molecular flexibility index (Phi) is 6.66. The summed E-state index contributed by atoms with van der Waals surface area (Å²) in [6.45, 7) is 13.0. The number of likely N-dealkylation sites (tertiary alicyclic amines) is 1. The molecule has 0 radical (unpaired) electrons. The predicted molar refractivity (Wildman–Crippen MR) is 131 cm³/mol. The second-order valence-corrected chi connectivity index (χ2v) is 10.2. The number of benzene rings is 2. The number of hydrogen-bond donors (Lipinski definition) is 1. The molecule has 33 heavy (non-hydrogen) atoms. The van der Waals surface area contributed by atoms with E-state index in [0.717, 1.165) is 42.7 Å². The number of aryl methyl sites for hydroxylation is 2. The van der Waals surface area contributed by atoms with Gasteiger partial charge in [0.2, 0.25) is 17.6 Å². The van der Waals surface area contributed by atoms with E-state index in [9.17, 15) is 4.79 Å². The van der Waals surface area contributed by atoms with Crippen LogP contribution < -0.4 is 5.32 Å². The van der Waals surface area contributed by atoms with Crippen molar-refractivity contribution in [1.82, 2.24) is 15.0 Å². The van der Waals surface area contributed by atoms with Gasteiger partial charge in [-0.25, -0.2) is 0 Å². The summed E-state index contributed by atoms with van der Waals surface area (Å²) >= 11 is 0. The average Bonchev–Trinajstić information content (AvgIpc) is 3.24. The summed E-state index contributed by atoms with van der Waals surface area (Å²) in [4.78, 5) is 19.6. The largest absolute Gasteiger partial charge is 0.338 e. The molecule has 0 saturated carbocycles. The monoisotopic (exact) mass is 446 g/mol. The summed E-state index contributed by atoms with van der Waals surface area (Å²) in [6, 6.07) is 14.5. The Morgan fingerprint density at radius 3 is 2.42 bits per heavy atom. The second-order valence-electron chi connectivity index (χ2n) is 10.2. The summed E-state index contributed by atoms with van der Waals surface area (Å²) in [6.07, 6.45) is 1.65. The lowest BCUT2D eigenvalue weighted by Gasteiger charge is -2.30. The smallest absolute Gasteiger partial charge is 0.241 e. The number of nitrogens with one attached hydrogen (secondary N) is 1. The third kappa shape index (κ3) is 5.69. The number of carbonyl (C=O) groups excluding carboxylic acids is 1. The van der Waals surface area contributed by atoms with E-state index in [1.54, 1.807) is 0 Å².